The summed E-state index contributed by atoms with van der Waals surface area (Å²) in [5.74, 6) is -0.766. The Hall–Kier alpha value is -3.15. The molecule has 3 rings (SSSR count). The molecule has 2 aromatic heterocycles. The lowest BCUT2D eigenvalue weighted by Gasteiger charge is -2.22. The molecule has 0 bridgehead atoms. The average Bonchev–Trinajstić information content (AvgIpc) is 3.04. The van der Waals surface area contributed by atoms with Crippen LogP contribution in [-0.2, 0) is 4.79 Å². The third-order valence-electron chi connectivity index (χ3n) is 3.48. The van der Waals surface area contributed by atoms with E-state index in [0.717, 1.165) is 0 Å². The van der Waals surface area contributed by atoms with Gasteiger partial charge in [-0.1, -0.05) is 18.2 Å². The van der Waals surface area contributed by atoms with Crippen molar-refractivity contribution in [2.24, 2.45) is 5.73 Å². The van der Waals surface area contributed by atoms with E-state index >= 15 is 0 Å². The summed E-state index contributed by atoms with van der Waals surface area (Å²) in [6.07, 6.45) is 3.11. The molecule has 2 N–H and O–H groups in total. The number of benzene rings is 1. The molecule has 0 saturated heterocycles. The maximum atomic E-state index is 12.9. The van der Waals surface area contributed by atoms with Crippen LogP contribution in [0.15, 0.2) is 59.3 Å². The number of para-hydroxylation sites is 1. The van der Waals surface area contributed by atoms with Crippen LogP contribution in [0.3, 0.4) is 0 Å². The molecule has 0 fully saturated rings. The minimum atomic E-state index is -0.465. The van der Waals surface area contributed by atoms with E-state index in [9.17, 15) is 9.59 Å². The molecule has 1 aromatic carbocycles. The third-order valence-corrected chi connectivity index (χ3v) is 3.48. The topological polar surface area (TPSA) is 89.4 Å². The van der Waals surface area contributed by atoms with Gasteiger partial charge in [0.1, 0.15) is 11.3 Å². The van der Waals surface area contributed by atoms with Crippen molar-refractivity contribution in [2.75, 3.05) is 11.4 Å². The standard InChI is InChI=1S/C17H15N3O3/c18-15(21)7-10-20(12-4-2-1-3-5-12)17(22)16-13-8-11-23-14(13)6-9-19-16/h1-6,8-9,11H,7,10H2,(H2,18,21). The quantitative estimate of drug-likeness (QED) is 0.783. The zero-order valence-corrected chi connectivity index (χ0v) is 12.3. The smallest absolute Gasteiger partial charge is 0.277 e. The number of aromatic nitrogens is 1. The maximum absolute atomic E-state index is 12.9. The van der Waals surface area contributed by atoms with E-state index in [-0.39, 0.29) is 24.6 Å². The Bertz CT molecular complexity index is 842. The van der Waals surface area contributed by atoms with E-state index in [4.69, 9.17) is 10.2 Å². The van der Waals surface area contributed by atoms with E-state index in [1.807, 2.05) is 18.2 Å². The highest BCUT2D eigenvalue weighted by atomic mass is 16.3. The Balaban J connectivity index is 2.00. The molecule has 0 aliphatic heterocycles. The lowest BCUT2D eigenvalue weighted by Crippen LogP contribution is -2.34. The maximum Gasteiger partial charge on any atom is 0.277 e. The van der Waals surface area contributed by atoms with Crippen molar-refractivity contribution in [1.29, 1.82) is 0 Å². The summed E-state index contributed by atoms with van der Waals surface area (Å²) < 4.78 is 5.31. The van der Waals surface area contributed by atoms with Gasteiger partial charge in [0.05, 0.1) is 11.6 Å². The Morgan fingerprint density at radius 2 is 1.91 bits per heavy atom. The number of hydrogen-bond donors (Lipinski definition) is 1. The van der Waals surface area contributed by atoms with Crippen LogP contribution in [0.2, 0.25) is 0 Å². The van der Waals surface area contributed by atoms with E-state index in [1.165, 1.54) is 17.4 Å². The fourth-order valence-electron chi connectivity index (χ4n) is 2.37. The first-order valence-corrected chi connectivity index (χ1v) is 7.14. The lowest BCUT2D eigenvalue weighted by molar-refractivity contribution is -0.117. The van der Waals surface area contributed by atoms with Gasteiger partial charge in [-0.2, -0.15) is 0 Å². The molecule has 0 aliphatic carbocycles. The molecule has 116 valence electrons. The SMILES string of the molecule is NC(=O)CCN(C(=O)c1nccc2occc12)c1ccccc1. The van der Waals surface area contributed by atoms with Gasteiger partial charge in [0.15, 0.2) is 0 Å². The van der Waals surface area contributed by atoms with Crippen LogP contribution < -0.4 is 10.6 Å². The summed E-state index contributed by atoms with van der Waals surface area (Å²) in [6, 6.07) is 12.5. The van der Waals surface area contributed by atoms with Crippen LogP contribution in [-0.4, -0.2) is 23.3 Å². The molecular formula is C17H15N3O3. The Morgan fingerprint density at radius 1 is 1.13 bits per heavy atom. The summed E-state index contributed by atoms with van der Waals surface area (Å²) >= 11 is 0. The first-order chi connectivity index (χ1) is 11.2. The number of furan rings is 1. The van der Waals surface area contributed by atoms with Gasteiger partial charge in [-0.05, 0) is 24.3 Å². The molecule has 0 atom stereocenters. The second kappa shape index (κ2) is 6.31. The van der Waals surface area contributed by atoms with Crippen LogP contribution in [0.1, 0.15) is 16.9 Å². The van der Waals surface area contributed by atoms with Crippen molar-refractivity contribution >= 4 is 28.5 Å². The van der Waals surface area contributed by atoms with Gasteiger partial charge in [-0.3, -0.25) is 14.6 Å². The number of pyridine rings is 1. The van der Waals surface area contributed by atoms with E-state index < -0.39 is 5.91 Å². The molecular weight excluding hydrogens is 294 g/mol. The molecule has 6 nitrogen and oxygen atoms in total. The molecule has 2 heterocycles. The number of nitrogens with zero attached hydrogens (tertiary/aromatic N) is 2. The van der Waals surface area contributed by atoms with Gasteiger partial charge in [0.2, 0.25) is 5.91 Å². The summed E-state index contributed by atoms with van der Waals surface area (Å²) in [5, 5.41) is 0.637. The summed E-state index contributed by atoms with van der Waals surface area (Å²) in [6.45, 7) is 0.189. The van der Waals surface area contributed by atoms with Crippen LogP contribution in [0, 0.1) is 0 Å². The first kappa shape index (κ1) is 14.8. The number of nitrogens with two attached hydrogens (primary N) is 1. The Labute approximate surface area is 132 Å². The summed E-state index contributed by atoms with van der Waals surface area (Å²) in [4.78, 5) is 29.7. The van der Waals surface area contributed by atoms with Crippen molar-refractivity contribution in [3.05, 3.63) is 60.6 Å². The zero-order chi connectivity index (χ0) is 16.2. The van der Waals surface area contributed by atoms with Crippen LogP contribution in [0.4, 0.5) is 5.69 Å². The minimum absolute atomic E-state index is 0.0714. The predicted octanol–water partition coefficient (Wildman–Crippen LogP) is 2.35. The van der Waals surface area contributed by atoms with E-state index in [0.29, 0.717) is 16.7 Å². The molecule has 23 heavy (non-hydrogen) atoms. The van der Waals surface area contributed by atoms with E-state index in [2.05, 4.69) is 4.98 Å². The Morgan fingerprint density at radius 3 is 2.65 bits per heavy atom. The molecule has 6 heteroatoms. The number of carbonyl (C=O) groups is 2. The summed E-state index contributed by atoms with van der Waals surface area (Å²) in [5.41, 5.74) is 6.78. The third kappa shape index (κ3) is 3.06. The molecule has 0 unspecified atom stereocenters. The number of rotatable bonds is 5. The molecule has 3 aromatic rings. The van der Waals surface area contributed by atoms with Gasteiger partial charge in [-0.15, -0.1) is 0 Å². The van der Waals surface area contributed by atoms with Gasteiger partial charge >= 0.3 is 0 Å². The fraction of sp³-hybridized carbons (Fsp3) is 0.118. The zero-order valence-electron chi connectivity index (χ0n) is 12.3. The van der Waals surface area contributed by atoms with Crippen molar-refractivity contribution in [3.8, 4) is 0 Å². The number of amides is 2. The van der Waals surface area contributed by atoms with Crippen LogP contribution in [0.5, 0.6) is 0 Å². The second-order valence-corrected chi connectivity index (χ2v) is 5.00. The number of hydrogen-bond acceptors (Lipinski definition) is 4. The highest BCUT2D eigenvalue weighted by Crippen LogP contribution is 2.22. The van der Waals surface area contributed by atoms with Crippen LogP contribution >= 0.6 is 0 Å². The second-order valence-electron chi connectivity index (χ2n) is 5.00. The molecule has 0 spiro atoms. The summed E-state index contributed by atoms with van der Waals surface area (Å²) in [7, 11) is 0. The molecule has 0 aliphatic rings. The van der Waals surface area contributed by atoms with E-state index in [1.54, 1.807) is 24.3 Å². The average molecular weight is 309 g/mol. The van der Waals surface area contributed by atoms with Crippen molar-refractivity contribution in [2.45, 2.75) is 6.42 Å². The van der Waals surface area contributed by atoms with Gasteiger partial charge in [-0.25, -0.2) is 0 Å². The lowest BCUT2D eigenvalue weighted by atomic mass is 10.2. The predicted molar refractivity (Wildman–Crippen MR) is 85.9 cm³/mol. The van der Waals surface area contributed by atoms with Gasteiger partial charge in [0.25, 0.3) is 5.91 Å². The fourth-order valence-corrected chi connectivity index (χ4v) is 2.37. The molecule has 2 amide bonds. The highest BCUT2D eigenvalue weighted by Gasteiger charge is 2.22. The normalized spacial score (nSPS) is 10.6. The van der Waals surface area contributed by atoms with Crippen molar-refractivity contribution in [1.82, 2.24) is 4.98 Å². The van der Waals surface area contributed by atoms with Gasteiger partial charge in [0, 0.05) is 24.8 Å². The number of primary amides is 1. The highest BCUT2D eigenvalue weighted by molar-refractivity contribution is 6.12. The molecule has 0 radical (unpaired) electrons. The van der Waals surface area contributed by atoms with Crippen LogP contribution in [0.25, 0.3) is 11.0 Å². The largest absolute Gasteiger partial charge is 0.464 e. The minimum Gasteiger partial charge on any atom is -0.464 e. The van der Waals surface area contributed by atoms with Crippen molar-refractivity contribution < 1.29 is 14.0 Å². The number of anilines is 1. The van der Waals surface area contributed by atoms with Gasteiger partial charge < -0.3 is 15.1 Å². The Kier molecular flexibility index (Phi) is 4.05. The number of fused-ring (bicyclic) bond motifs is 1. The van der Waals surface area contributed by atoms with Crippen molar-refractivity contribution in [3.63, 3.8) is 0 Å². The molecule has 0 saturated carbocycles. The monoisotopic (exact) mass is 309 g/mol. The number of carbonyl (C=O) groups excluding carboxylic acids is 2. The first-order valence-electron chi connectivity index (χ1n) is 7.14.